The molecular weight excluding hydrogens is 418 g/mol. The molecule has 0 bridgehead atoms. The van der Waals surface area contributed by atoms with Gasteiger partial charge in [-0.15, -0.1) is 0 Å². The van der Waals surface area contributed by atoms with Gasteiger partial charge < -0.3 is 14.3 Å². The number of amides is 1. The predicted octanol–water partition coefficient (Wildman–Crippen LogP) is 4.26. The quantitative estimate of drug-likeness (QED) is 0.366. The van der Waals surface area contributed by atoms with Crippen molar-refractivity contribution in [1.29, 1.82) is 0 Å². The molecule has 0 radical (unpaired) electrons. The van der Waals surface area contributed by atoms with E-state index in [1.807, 2.05) is 72.8 Å². The highest BCUT2D eigenvalue weighted by Gasteiger charge is 2.21. The topological polar surface area (TPSA) is 72.7 Å². The summed E-state index contributed by atoms with van der Waals surface area (Å²) >= 11 is 0. The summed E-state index contributed by atoms with van der Waals surface area (Å²) in [7, 11) is 1.58. The molecule has 0 spiro atoms. The average Bonchev–Trinajstić information content (AvgIpc) is 3.37. The van der Waals surface area contributed by atoms with E-state index >= 15 is 0 Å². The Hall–Kier alpha value is -4.13. The Morgan fingerprint density at radius 1 is 1.03 bits per heavy atom. The maximum absolute atomic E-state index is 12.4. The smallest absolute Gasteiger partial charge is 0.283 e. The lowest BCUT2D eigenvalue weighted by Crippen LogP contribution is -2.26. The first kappa shape index (κ1) is 22.1. The highest BCUT2D eigenvalue weighted by atomic mass is 16.6. The molecule has 0 fully saturated rings. The Morgan fingerprint density at radius 2 is 1.79 bits per heavy atom. The van der Waals surface area contributed by atoms with Crippen LogP contribution < -0.4 is 9.47 Å². The zero-order valence-electron chi connectivity index (χ0n) is 18.4. The summed E-state index contributed by atoms with van der Waals surface area (Å²) in [6.45, 7) is 0.802. The zero-order valence-corrected chi connectivity index (χ0v) is 18.4. The molecule has 3 aromatic carbocycles. The van der Waals surface area contributed by atoms with Crippen LogP contribution in [-0.2, 0) is 16.2 Å². The molecular formula is C26H25N3O4. The van der Waals surface area contributed by atoms with Gasteiger partial charge in [-0.3, -0.25) is 4.79 Å². The minimum Gasteiger partial charge on any atom is -0.493 e. The number of rotatable bonds is 9. The zero-order chi connectivity index (χ0) is 22.9. The van der Waals surface area contributed by atoms with Crippen molar-refractivity contribution in [2.75, 3.05) is 20.3 Å². The van der Waals surface area contributed by atoms with Crippen molar-refractivity contribution >= 4 is 17.8 Å². The van der Waals surface area contributed by atoms with E-state index in [1.54, 1.807) is 13.2 Å². The molecule has 1 amide bonds. The minimum atomic E-state index is -0.236. The largest absolute Gasteiger partial charge is 0.493 e. The maximum Gasteiger partial charge on any atom is 0.283 e. The number of benzene rings is 3. The number of hydrogen-bond donors (Lipinski definition) is 0. The molecule has 4 rings (SSSR count). The molecule has 1 aliphatic heterocycles. The number of oxime groups is 1. The number of hydrogen-bond acceptors (Lipinski definition) is 6. The fraction of sp³-hybridized carbons (Fsp3) is 0.192. The van der Waals surface area contributed by atoms with Gasteiger partial charge in [0.05, 0.1) is 25.6 Å². The van der Waals surface area contributed by atoms with Gasteiger partial charge in [0, 0.05) is 12.0 Å². The van der Waals surface area contributed by atoms with E-state index in [-0.39, 0.29) is 12.5 Å². The van der Waals surface area contributed by atoms with Gasteiger partial charge in [-0.05, 0) is 29.3 Å². The first-order valence-corrected chi connectivity index (χ1v) is 10.7. The van der Waals surface area contributed by atoms with Gasteiger partial charge in [-0.2, -0.15) is 5.10 Å². The monoisotopic (exact) mass is 443 g/mol. The van der Waals surface area contributed by atoms with Gasteiger partial charge in [0.2, 0.25) is 0 Å². The lowest BCUT2D eigenvalue weighted by atomic mass is 10.1. The van der Waals surface area contributed by atoms with Crippen LogP contribution in [0.2, 0.25) is 0 Å². The number of ether oxygens (including phenoxy) is 2. The van der Waals surface area contributed by atoms with Crippen molar-refractivity contribution in [1.82, 2.24) is 5.01 Å². The Labute approximate surface area is 192 Å². The van der Waals surface area contributed by atoms with Crippen molar-refractivity contribution in [3.8, 4) is 11.5 Å². The van der Waals surface area contributed by atoms with E-state index < -0.39 is 0 Å². The van der Waals surface area contributed by atoms with Crippen molar-refractivity contribution in [3.05, 3.63) is 95.6 Å². The fourth-order valence-electron chi connectivity index (χ4n) is 3.35. The third kappa shape index (κ3) is 5.98. The van der Waals surface area contributed by atoms with Crippen LogP contribution in [0, 0.1) is 0 Å². The normalized spacial score (nSPS) is 13.1. The molecule has 0 saturated heterocycles. The summed E-state index contributed by atoms with van der Waals surface area (Å²) < 4.78 is 11.3. The van der Waals surface area contributed by atoms with Crippen molar-refractivity contribution < 1.29 is 19.1 Å². The summed E-state index contributed by atoms with van der Waals surface area (Å²) in [5, 5.41) is 9.75. The van der Waals surface area contributed by atoms with Crippen LogP contribution in [0.3, 0.4) is 0 Å². The highest BCUT2D eigenvalue weighted by molar-refractivity contribution is 6.02. The van der Waals surface area contributed by atoms with E-state index in [0.717, 1.165) is 28.8 Å². The van der Waals surface area contributed by atoms with E-state index in [9.17, 15) is 4.79 Å². The summed E-state index contributed by atoms with van der Waals surface area (Å²) in [6, 6.07) is 25.2. The van der Waals surface area contributed by atoms with Gasteiger partial charge >= 0.3 is 0 Å². The SMILES string of the molecule is COc1cc(/C=N/OCC(=O)N2CCC(c3ccccc3)=N2)ccc1OCc1ccccc1. The molecule has 7 nitrogen and oxygen atoms in total. The fourth-order valence-corrected chi connectivity index (χ4v) is 3.35. The van der Waals surface area contributed by atoms with E-state index in [1.165, 1.54) is 11.2 Å². The Morgan fingerprint density at radius 3 is 2.55 bits per heavy atom. The molecule has 7 heteroatoms. The van der Waals surface area contributed by atoms with Crippen LogP contribution in [0.1, 0.15) is 23.1 Å². The third-order valence-electron chi connectivity index (χ3n) is 5.09. The summed E-state index contributed by atoms with van der Waals surface area (Å²) in [5.74, 6) is 0.988. The molecule has 0 aromatic heterocycles. The summed E-state index contributed by atoms with van der Waals surface area (Å²) in [5.41, 5.74) is 3.75. The van der Waals surface area contributed by atoms with Gasteiger partial charge in [0.25, 0.3) is 5.91 Å². The van der Waals surface area contributed by atoms with Gasteiger partial charge in [0.1, 0.15) is 6.61 Å². The first-order valence-electron chi connectivity index (χ1n) is 10.7. The average molecular weight is 444 g/mol. The minimum absolute atomic E-state index is 0.183. The van der Waals surface area contributed by atoms with Crippen molar-refractivity contribution in [2.45, 2.75) is 13.0 Å². The van der Waals surface area contributed by atoms with E-state index in [2.05, 4.69) is 10.3 Å². The summed E-state index contributed by atoms with van der Waals surface area (Å²) in [4.78, 5) is 17.5. The van der Waals surface area contributed by atoms with Crippen molar-refractivity contribution in [2.24, 2.45) is 10.3 Å². The van der Waals surface area contributed by atoms with Crippen LogP contribution in [-0.4, -0.2) is 43.1 Å². The summed E-state index contributed by atoms with van der Waals surface area (Å²) in [6.07, 6.45) is 2.25. The second-order valence-electron chi connectivity index (χ2n) is 7.37. The molecule has 0 unspecified atom stereocenters. The number of methoxy groups -OCH3 is 1. The molecule has 3 aromatic rings. The molecule has 1 aliphatic rings. The van der Waals surface area contributed by atoms with Gasteiger partial charge in [-0.1, -0.05) is 65.8 Å². The standard InChI is InChI=1S/C26H25N3O4/c1-31-25-16-21(12-13-24(25)32-18-20-8-4-2-5-9-20)17-27-33-19-26(30)29-15-14-23(28-29)22-10-6-3-7-11-22/h2-13,16-17H,14-15,18-19H2,1H3/b27-17+. The van der Waals surface area contributed by atoms with Gasteiger partial charge in [0.15, 0.2) is 18.1 Å². The second kappa shape index (κ2) is 10.9. The number of nitrogens with zero attached hydrogens (tertiary/aromatic N) is 3. The Kier molecular flexibility index (Phi) is 7.33. The molecule has 33 heavy (non-hydrogen) atoms. The van der Waals surface area contributed by atoms with Crippen molar-refractivity contribution in [3.63, 3.8) is 0 Å². The Balaban J connectivity index is 1.28. The number of carbonyl (C=O) groups is 1. The van der Waals surface area contributed by atoms with Crippen LogP contribution in [0.5, 0.6) is 11.5 Å². The van der Waals surface area contributed by atoms with Crippen LogP contribution >= 0.6 is 0 Å². The van der Waals surface area contributed by atoms with Crippen LogP contribution in [0.25, 0.3) is 0 Å². The van der Waals surface area contributed by atoms with Crippen LogP contribution in [0.15, 0.2) is 89.1 Å². The van der Waals surface area contributed by atoms with Crippen LogP contribution in [0.4, 0.5) is 0 Å². The first-order chi connectivity index (χ1) is 16.2. The highest BCUT2D eigenvalue weighted by Crippen LogP contribution is 2.28. The Bertz CT molecular complexity index is 1130. The third-order valence-corrected chi connectivity index (χ3v) is 5.09. The lowest BCUT2D eigenvalue weighted by molar-refractivity contribution is -0.135. The number of hydrazone groups is 1. The van der Waals surface area contributed by atoms with E-state index in [0.29, 0.717) is 24.7 Å². The lowest BCUT2D eigenvalue weighted by Gasteiger charge is -2.11. The second-order valence-corrected chi connectivity index (χ2v) is 7.37. The van der Waals surface area contributed by atoms with E-state index in [4.69, 9.17) is 14.3 Å². The van der Waals surface area contributed by atoms with Gasteiger partial charge in [-0.25, -0.2) is 5.01 Å². The molecule has 0 saturated carbocycles. The molecule has 0 aliphatic carbocycles. The molecule has 0 N–H and O–H groups in total. The predicted molar refractivity (Wildman–Crippen MR) is 127 cm³/mol. The molecule has 168 valence electrons. The molecule has 1 heterocycles. The molecule has 0 atom stereocenters. The number of carbonyl (C=O) groups excluding carboxylic acids is 1. The maximum atomic E-state index is 12.4.